The van der Waals surface area contributed by atoms with Crippen LogP contribution in [0.25, 0.3) is 10.8 Å². The minimum atomic E-state index is -0.355. The number of rotatable bonds is 4. The Morgan fingerprint density at radius 3 is 2.79 bits per heavy atom. The van der Waals surface area contributed by atoms with Crippen molar-refractivity contribution < 1.29 is 9.53 Å². The highest BCUT2D eigenvalue weighted by molar-refractivity contribution is 6.05. The van der Waals surface area contributed by atoms with Crippen LogP contribution in [-0.2, 0) is 6.54 Å². The SMILES string of the molecule is CCn1c(C(=O)Nc2cccnc2)cc2cc(OC)ccc2c1=O. The molecule has 6 nitrogen and oxygen atoms in total. The fourth-order valence-electron chi connectivity index (χ4n) is 2.60. The lowest BCUT2D eigenvalue weighted by Gasteiger charge is -2.13. The Labute approximate surface area is 138 Å². The van der Waals surface area contributed by atoms with Gasteiger partial charge >= 0.3 is 0 Å². The third-order valence-electron chi connectivity index (χ3n) is 3.79. The number of amides is 1. The van der Waals surface area contributed by atoms with Crippen molar-refractivity contribution in [1.29, 1.82) is 0 Å². The highest BCUT2D eigenvalue weighted by atomic mass is 16.5. The molecule has 1 N–H and O–H groups in total. The first-order valence-electron chi connectivity index (χ1n) is 7.57. The maximum absolute atomic E-state index is 12.7. The lowest BCUT2D eigenvalue weighted by atomic mass is 10.1. The minimum Gasteiger partial charge on any atom is -0.497 e. The number of ether oxygens (including phenoxy) is 1. The van der Waals surface area contributed by atoms with Gasteiger partial charge in [0.1, 0.15) is 11.4 Å². The van der Waals surface area contributed by atoms with Gasteiger partial charge in [-0.25, -0.2) is 0 Å². The summed E-state index contributed by atoms with van der Waals surface area (Å²) in [7, 11) is 1.56. The van der Waals surface area contributed by atoms with E-state index < -0.39 is 0 Å². The first-order valence-corrected chi connectivity index (χ1v) is 7.57. The molecule has 0 atom stereocenters. The Kier molecular flexibility index (Phi) is 4.29. The van der Waals surface area contributed by atoms with Gasteiger partial charge in [-0.05, 0) is 48.7 Å². The van der Waals surface area contributed by atoms with Crippen LogP contribution in [0.1, 0.15) is 17.4 Å². The highest BCUT2D eigenvalue weighted by Crippen LogP contribution is 2.20. The maximum atomic E-state index is 12.7. The summed E-state index contributed by atoms with van der Waals surface area (Å²) in [5.74, 6) is 0.279. The van der Waals surface area contributed by atoms with Crippen LogP contribution in [0.5, 0.6) is 5.75 Å². The number of methoxy groups -OCH3 is 1. The van der Waals surface area contributed by atoms with Gasteiger partial charge < -0.3 is 14.6 Å². The number of pyridine rings is 2. The summed E-state index contributed by atoms with van der Waals surface area (Å²) < 4.78 is 6.66. The zero-order valence-electron chi connectivity index (χ0n) is 13.4. The Morgan fingerprint density at radius 1 is 1.29 bits per heavy atom. The smallest absolute Gasteiger partial charge is 0.272 e. The quantitative estimate of drug-likeness (QED) is 0.801. The van der Waals surface area contributed by atoms with Crippen LogP contribution in [-0.4, -0.2) is 22.6 Å². The molecule has 0 unspecified atom stereocenters. The van der Waals surface area contributed by atoms with Crippen molar-refractivity contribution in [2.24, 2.45) is 0 Å². The van der Waals surface area contributed by atoms with Crippen LogP contribution < -0.4 is 15.6 Å². The number of carbonyl (C=O) groups excluding carboxylic acids is 1. The monoisotopic (exact) mass is 323 g/mol. The van der Waals surface area contributed by atoms with Gasteiger partial charge in [-0.2, -0.15) is 0 Å². The van der Waals surface area contributed by atoms with Crippen molar-refractivity contribution in [3.05, 3.63) is 64.8 Å². The lowest BCUT2D eigenvalue weighted by Crippen LogP contribution is -2.28. The molecule has 0 fully saturated rings. The number of aromatic nitrogens is 2. The predicted octanol–water partition coefficient (Wildman–Crippen LogP) is 2.68. The average molecular weight is 323 g/mol. The van der Waals surface area contributed by atoms with E-state index in [1.54, 1.807) is 55.9 Å². The molecular weight excluding hydrogens is 306 g/mol. The number of hydrogen-bond acceptors (Lipinski definition) is 4. The van der Waals surface area contributed by atoms with Crippen molar-refractivity contribution in [3.63, 3.8) is 0 Å². The number of fused-ring (bicyclic) bond motifs is 1. The zero-order chi connectivity index (χ0) is 17.1. The van der Waals surface area contributed by atoms with Crippen molar-refractivity contribution in [1.82, 2.24) is 9.55 Å². The fraction of sp³-hybridized carbons (Fsp3) is 0.167. The number of anilines is 1. The third kappa shape index (κ3) is 2.86. The van der Waals surface area contributed by atoms with Gasteiger partial charge in [-0.1, -0.05) is 0 Å². The summed E-state index contributed by atoms with van der Waals surface area (Å²) >= 11 is 0. The minimum absolute atomic E-state index is 0.200. The van der Waals surface area contributed by atoms with E-state index in [1.807, 2.05) is 6.92 Å². The molecule has 0 radical (unpaired) electrons. The van der Waals surface area contributed by atoms with E-state index in [0.717, 1.165) is 0 Å². The van der Waals surface area contributed by atoms with E-state index in [0.29, 0.717) is 34.4 Å². The van der Waals surface area contributed by atoms with Gasteiger partial charge in [0, 0.05) is 18.1 Å². The Morgan fingerprint density at radius 2 is 2.12 bits per heavy atom. The summed E-state index contributed by atoms with van der Waals surface area (Å²) in [5.41, 5.74) is 0.671. The van der Waals surface area contributed by atoms with Gasteiger partial charge in [-0.3, -0.25) is 14.6 Å². The van der Waals surface area contributed by atoms with Crippen molar-refractivity contribution >= 4 is 22.4 Å². The van der Waals surface area contributed by atoms with Crippen LogP contribution >= 0.6 is 0 Å². The second kappa shape index (κ2) is 6.54. The Bertz CT molecular complexity index is 949. The number of nitrogens with zero attached hydrogens (tertiary/aromatic N) is 2. The first-order chi connectivity index (χ1) is 11.6. The highest BCUT2D eigenvalue weighted by Gasteiger charge is 2.15. The second-order valence-electron chi connectivity index (χ2n) is 5.23. The van der Waals surface area contributed by atoms with Crippen LogP contribution in [0.4, 0.5) is 5.69 Å². The van der Waals surface area contributed by atoms with Crippen molar-refractivity contribution in [2.75, 3.05) is 12.4 Å². The van der Waals surface area contributed by atoms with E-state index in [1.165, 1.54) is 4.57 Å². The Hall–Kier alpha value is -3.15. The molecule has 0 saturated carbocycles. The molecule has 0 saturated heterocycles. The normalized spacial score (nSPS) is 10.6. The van der Waals surface area contributed by atoms with Crippen LogP contribution in [0.15, 0.2) is 53.6 Å². The number of benzene rings is 1. The van der Waals surface area contributed by atoms with E-state index in [4.69, 9.17) is 4.74 Å². The van der Waals surface area contributed by atoms with Gasteiger partial charge in [-0.15, -0.1) is 0 Å². The summed E-state index contributed by atoms with van der Waals surface area (Å²) in [5, 5.41) is 3.98. The molecule has 24 heavy (non-hydrogen) atoms. The Balaban J connectivity index is 2.11. The summed E-state index contributed by atoms with van der Waals surface area (Å²) in [6, 6.07) is 10.4. The fourth-order valence-corrected chi connectivity index (χ4v) is 2.60. The molecule has 2 aromatic heterocycles. The molecule has 6 heteroatoms. The van der Waals surface area contributed by atoms with Crippen molar-refractivity contribution in [3.8, 4) is 5.75 Å². The second-order valence-corrected chi connectivity index (χ2v) is 5.23. The molecular formula is C18H17N3O3. The summed E-state index contributed by atoms with van der Waals surface area (Å²) in [6.07, 6.45) is 3.18. The van der Waals surface area contributed by atoms with Crippen LogP contribution in [0, 0.1) is 0 Å². The maximum Gasteiger partial charge on any atom is 0.272 e. The molecule has 3 aromatic rings. The van der Waals surface area contributed by atoms with Crippen LogP contribution in [0.3, 0.4) is 0 Å². The molecule has 0 aliphatic heterocycles. The molecule has 1 aromatic carbocycles. The van der Waals surface area contributed by atoms with Gasteiger partial charge in [0.25, 0.3) is 11.5 Å². The topological polar surface area (TPSA) is 73.2 Å². The molecule has 3 rings (SSSR count). The van der Waals surface area contributed by atoms with Gasteiger partial charge in [0.15, 0.2) is 0 Å². The number of carbonyl (C=O) groups is 1. The van der Waals surface area contributed by atoms with Crippen molar-refractivity contribution in [2.45, 2.75) is 13.5 Å². The summed E-state index contributed by atoms with van der Waals surface area (Å²) in [6.45, 7) is 2.23. The molecule has 0 spiro atoms. The average Bonchev–Trinajstić information content (AvgIpc) is 2.62. The molecule has 2 heterocycles. The number of nitrogens with one attached hydrogen (secondary N) is 1. The van der Waals surface area contributed by atoms with E-state index >= 15 is 0 Å². The first kappa shape index (κ1) is 15.7. The van der Waals surface area contributed by atoms with Crippen LogP contribution in [0.2, 0.25) is 0 Å². The van der Waals surface area contributed by atoms with Gasteiger partial charge in [0.2, 0.25) is 0 Å². The predicted molar refractivity (Wildman–Crippen MR) is 92.6 cm³/mol. The van der Waals surface area contributed by atoms with Gasteiger partial charge in [0.05, 0.1) is 19.0 Å². The molecule has 122 valence electrons. The number of hydrogen-bond donors (Lipinski definition) is 1. The largest absolute Gasteiger partial charge is 0.497 e. The van der Waals surface area contributed by atoms with E-state index in [9.17, 15) is 9.59 Å². The molecule has 0 aliphatic rings. The summed E-state index contributed by atoms with van der Waals surface area (Å²) in [4.78, 5) is 29.2. The third-order valence-corrected chi connectivity index (χ3v) is 3.79. The molecule has 0 bridgehead atoms. The van der Waals surface area contributed by atoms with E-state index in [-0.39, 0.29) is 11.5 Å². The molecule has 1 amide bonds. The van der Waals surface area contributed by atoms with E-state index in [2.05, 4.69) is 10.3 Å². The standard InChI is InChI=1S/C18H17N3O3/c1-3-21-16(17(22)20-13-5-4-8-19-11-13)10-12-9-14(24-2)6-7-15(12)18(21)23/h4-11H,3H2,1-2H3,(H,20,22). The molecule has 0 aliphatic carbocycles. The lowest BCUT2D eigenvalue weighted by molar-refractivity contribution is 0.101. The zero-order valence-corrected chi connectivity index (χ0v) is 13.4.